The summed E-state index contributed by atoms with van der Waals surface area (Å²) < 4.78 is 46.1. The van der Waals surface area contributed by atoms with Crippen LogP contribution in [-0.2, 0) is 24.0 Å². The number of ether oxygens (including phenoxy) is 3. The lowest BCUT2D eigenvalue weighted by Crippen LogP contribution is -2.69. The van der Waals surface area contributed by atoms with Gasteiger partial charge in [-0.2, -0.15) is 0 Å². The van der Waals surface area contributed by atoms with Gasteiger partial charge < -0.3 is 14.2 Å². The zero-order valence-electron chi connectivity index (χ0n) is 25.5. The van der Waals surface area contributed by atoms with Gasteiger partial charge in [0.05, 0.1) is 49.7 Å². The Morgan fingerprint density at radius 1 is 0.830 bits per heavy atom. The maximum atomic E-state index is 14.2. The number of rotatable bonds is 8. The highest BCUT2D eigenvalue weighted by molar-refractivity contribution is 7.92. The molecule has 0 amide bonds. The molecule has 1 aliphatic heterocycles. The van der Waals surface area contributed by atoms with Crippen LogP contribution in [0.1, 0.15) is 20.7 Å². The number of sulfone groups is 1. The summed E-state index contributed by atoms with van der Waals surface area (Å²) in [5, 5.41) is 21.0. The van der Waals surface area contributed by atoms with E-state index in [1.165, 1.54) is 36.4 Å². The van der Waals surface area contributed by atoms with Crippen LogP contribution in [0.4, 0.5) is 11.4 Å². The molecule has 6 atom stereocenters. The average Bonchev–Trinajstić information content (AvgIpc) is 3.02. The highest BCUT2D eigenvalue weighted by Crippen LogP contribution is 2.50. The standard InChI is InChI=1S/C32H30N2O11SSi/c1-47(2,3)18-17-25-28-27(30(25)46(41,42)24-7-5-4-6-8-24)29(45-32(36)21-11-15-23(16-12-21)34(39)40)26(19-43-28)44-31(35)20-9-13-22(14-10-20)33(37)38/h4-16,25-30H,19H2,1-3H3/t25-,26+,27+,28-,29+,30+/m0/s1. The topological polar surface area (TPSA) is 182 Å². The van der Waals surface area contributed by atoms with Gasteiger partial charge in [0.2, 0.25) is 0 Å². The fourth-order valence-corrected chi connectivity index (χ4v) is 8.35. The SMILES string of the molecule is C[Si](C)(C)C#C[C@H]1[C@@H]2OC[C@@H](OC(=O)c3ccc([N+](=O)[O-])cc3)[C@@H](OC(=O)c3ccc([N+](=O)[O-])cc3)[C@@H]2[C@@H]1S(=O)(=O)c1ccccc1. The molecular formula is C32H30N2O11SSi. The molecule has 5 rings (SSSR count). The quantitative estimate of drug-likeness (QED) is 0.107. The van der Waals surface area contributed by atoms with E-state index in [9.17, 15) is 38.2 Å². The Kier molecular flexibility index (Phi) is 9.30. The minimum Gasteiger partial charge on any atom is -0.454 e. The number of nitro benzene ring substituents is 2. The molecule has 2 aliphatic rings. The van der Waals surface area contributed by atoms with Crippen LogP contribution in [-0.4, -0.2) is 68.4 Å². The molecule has 3 aromatic carbocycles. The molecule has 0 spiro atoms. The van der Waals surface area contributed by atoms with Crippen molar-refractivity contribution in [3.05, 3.63) is 110 Å². The van der Waals surface area contributed by atoms with E-state index in [1.807, 2.05) is 19.6 Å². The highest BCUT2D eigenvalue weighted by atomic mass is 32.2. The Morgan fingerprint density at radius 2 is 1.34 bits per heavy atom. The summed E-state index contributed by atoms with van der Waals surface area (Å²) >= 11 is 0. The Hall–Kier alpha value is -4.91. The first kappa shape index (κ1) is 33.5. The molecule has 0 radical (unpaired) electrons. The Bertz CT molecular complexity index is 1870. The Balaban J connectivity index is 1.53. The van der Waals surface area contributed by atoms with Gasteiger partial charge in [0.25, 0.3) is 11.4 Å². The number of hydrogen-bond donors (Lipinski definition) is 0. The summed E-state index contributed by atoms with van der Waals surface area (Å²) in [6, 6.07) is 17.1. The molecule has 0 aromatic heterocycles. The van der Waals surface area contributed by atoms with E-state index >= 15 is 0 Å². The number of carbonyl (C=O) groups is 2. The molecule has 0 unspecified atom stereocenters. The van der Waals surface area contributed by atoms with Crippen LogP contribution in [0.2, 0.25) is 19.6 Å². The predicted molar refractivity (Wildman–Crippen MR) is 170 cm³/mol. The lowest BCUT2D eigenvalue weighted by molar-refractivity contribution is -0.385. The second-order valence-corrected chi connectivity index (χ2v) is 19.0. The van der Waals surface area contributed by atoms with Crippen LogP contribution >= 0.6 is 0 Å². The Morgan fingerprint density at radius 3 is 1.83 bits per heavy atom. The zero-order valence-corrected chi connectivity index (χ0v) is 27.3. The fraction of sp³-hybridized carbons (Fsp3) is 0.312. The Labute approximate surface area is 271 Å². The van der Waals surface area contributed by atoms with E-state index in [2.05, 4.69) is 11.5 Å². The van der Waals surface area contributed by atoms with E-state index in [1.54, 1.807) is 18.2 Å². The van der Waals surface area contributed by atoms with Crippen molar-refractivity contribution < 1.29 is 42.1 Å². The molecule has 13 nitrogen and oxygen atoms in total. The molecule has 1 saturated heterocycles. The summed E-state index contributed by atoms with van der Waals surface area (Å²) in [7, 11) is -6.06. The van der Waals surface area contributed by atoms with Crippen molar-refractivity contribution in [1.29, 1.82) is 0 Å². The molecule has 1 saturated carbocycles. The van der Waals surface area contributed by atoms with Gasteiger partial charge in [-0.3, -0.25) is 20.2 Å². The number of fused-ring (bicyclic) bond motifs is 1. The van der Waals surface area contributed by atoms with Crippen molar-refractivity contribution in [2.24, 2.45) is 11.8 Å². The van der Waals surface area contributed by atoms with Gasteiger partial charge in [0.15, 0.2) is 15.9 Å². The first-order valence-corrected chi connectivity index (χ1v) is 19.6. The summed E-state index contributed by atoms with van der Waals surface area (Å²) in [5.74, 6) is -0.464. The van der Waals surface area contributed by atoms with Crippen LogP contribution in [0.3, 0.4) is 0 Å². The molecule has 0 bridgehead atoms. The molecule has 1 aliphatic carbocycles. The molecular weight excluding hydrogens is 649 g/mol. The van der Waals surface area contributed by atoms with Crippen molar-refractivity contribution in [1.82, 2.24) is 0 Å². The summed E-state index contributed by atoms with van der Waals surface area (Å²) in [6.07, 6.45) is -3.39. The summed E-state index contributed by atoms with van der Waals surface area (Å²) in [6.45, 7) is 5.78. The third-order valence-corrected chi connectivity index (χ3v) is 11.0. The molecule has 2 fully saturated rings. The van der Waals surface area contributed by atoms with E-state index < -0.39 is 75.1 Å². The third kappa shape index (κ3) is 7.09. The van der Waals surface area contributed by atoms with Crippen molar-refractivity contribution in [3.63, 3.8) is 0 Å². The van der Waals surface area contributed by atoms with Gasteiger partial charge >= 0.3 is 11.9 Å². The fourth-order valence-electron chi connectivity index (χ4n) is 5.57. The third-order valence-electron chi connectivity index (χ3n) is 7.84. The van der Waals surface area contributed by atoms with Crippen molar-refractivity contribution in [3.8, 4) is 11.5 Å². The highest BCUT2D eigenvalue weighted by Gasteiger charge is 2.65. The number of benzene rings is 3. The van der Waals surface area contributed by atoms with Crippen LogP contribution in [0, 0.1) is 43.5 Å². The number of nitro groups is 2. The van der Waals surface area contributed by atoms with Gasteiger partial charge in [-0.25, -0.2) is 18.0 Å². The minimum absolute atomic E-state index is 0.0286. The van der Waals surface area contributed by atoms with Crippen molar-refractivity contribution in [2.45, 2.75) is 48.1 Å². The van der Waals surface area contributed by atoms with E-state index in [0.29, 0.717) is 0 Å². The predicted octanol–water partition coefficient (Wildman–Crippen LogP) is 4.62. The van der Waals surface area contributed by atoms with E-state index in [4.69, 9.17) is 14.2 Å². The van der Waals surface area contributed by atoms with Crippen LogP contribution in [0.25, 0.3) is 0 Å². The second kappa shape index (κ2) is 13.1. The molecule has 1 heterocycles. The minimum atomic E-state index is -4.09. The molecule has 3 aromatic rings. The molecule has 244 valence electrons. The largest absolute Gasteiger partial charge is 0.454 e. The van der Waals surface area contributed by atoms with Crippen LogP contribution in [0.5, 0.6) is 0 Å². The van der Waals surface area contributed by atoms with Gasteiger partial charge in [0.1, 0.15) is 14.2 Å². The van der Waals surface area contributed by atoms with E-state index in [0.717, 1.165) is 24.3 Å². The number of non-ortho nitro benzene ring substituents is 2. The first-order valence-electron chi connectivity index (χ1n) is 14.5. The van der Waals surface area contributed by atoms with Gasteiger partial charge in [-0.05, 0) is 36.4 Å². The number of esters is 2. The summed E-state index contributed by atoms with van der Waals surface area (Å²) in [5.41, 5.74) is 2.67. The molecule has 0 N–H and O–H groups in total. The van der Waals surface area contributed by atoms with E-state index in [-0.39, 0.29) is 34.0 Å². The lowest BCUT2D eigenvalue weighted by atomic mass is 9.66. The number of carbonyl (C=O) groups excluding carboxylic acids is 2. The molecule has 15 heteroatoms. The zero-order chi connectivity index (χ0) is 34.1. The maximum Gasteiger partial charge on any atom is 0.338 e. The van der Waals surface area contributed by atoms with Crippen LogP contribution in [0.15, 0.2) is 83.8 Å². The average molecular weight is 679 g/mol. The summed E-state index contributed by atoms with van der Waals surface area (Å²) in [4.78, 5) is 47.6. The van der Waals surface area contributed by atoms with Gasteiger partial charge in [0, 0.05) is 30.2 Å². The van der Waals surface area contributed by atoms with Crippen molar-refractivity contribution in [2.75, 3.05) is 6.61 Å². The maximum absolute atomic E-state index is 14.2. The lowest BCUT2D eigenvalue weighted by Gasteiger charge is -2.55. The van der Waals surface area contributed by atoms with Gasteiger partial charge in [-0.15, -0.1) is 11.5 Å². The first-order chi connectivity index (χ1) is 22.2. The normalized spacial score (nSPS) is 23.6. The van der Waals surface area contributed by atoms with Crippen LogP contribution < -0.4 is 0 Å². The second-order valence-electron chi connectivity index (χ2n) is 12.2. The molecule has 47 heavy (non-hydrogen) atoms. The number of hydrogen-bond acceptors (Lipinski definition) is 11. The van der Waals surface area contributed by atoms with Gasteiger partial charge in [-0.1, -0.05) is 37.8 Å². The number of nitrogens with zero attached hydrogens (tertiary/aromatic N) is 2. The van der Waals surface area contributed by atoms with Crippen molar-refractivity contribution >= 4 is 41.2 Å². The monoisotopic (exact) mass is 678 g/mol. The smallest absolute Gasteiger partial charge is 0.338 e.